The standard InChI is InChI=1S/C21H27N3O2/c1-13-6-5-9-16-18(15-7-3-2-4-8-15)23-20(22)21(26)24(19(13)16)12-17(25)14-10-11-14/h5-6,9,14-15,20H,2-4,7-8,10-12,22H2,1H3. The minimum absolute atomic E-state index is 0.114. The minimum Gasteiger partial charge on any atom is -0.302 e. The van der Waals surface area contributed by atoms with Gasteiger partial charge in [0.15, 0.2) is 11.9 Å². The second-order valence-electron chi connectivity index (χ2n) is 7.93. The number of hydrogen-bond donors (Lipinski definition) is 1. The summed E-state index contributed by atoms with van der Waals surface area (Å²) in [4.78, 5) is 31.8. The van der Waals surface area contributed by atoms with E-state index >= 15 is 0 Å². The molecule has 1 aliphatic heterocycles. The molecule has 0 saturated heterocycles. The molecule has 1 aromatic carbocycles. The van der Waals surface area contributed by atoms with Crippen LogP contribution in [0.4, 0.5) is 5.69 Å². The topological polar surface area (TPSA) is 75.8 Å². The van der Waals surface area contributed by atoms with Gasteiger partial charge in [-0.15, -0.1) is 0 Å². The van der Waals surface area contributed by atoms with E-state index in [1.165, 1.54) is 19.3 Å². The highest BCUT2D eigenvalue weighted by Gasteiger charge is 2.37. The lowest BCUT2D eigenvalue weighted by Crippen LogP contribution is -2.45. The number of carbonyl (C=O) groups is 2. The molecule has 2 N–H and O–H groups in total. The molecule has 26 heavy (non-hydrogen) atoms. The lowest BCUT2D eigenvalue weighted by Gasteiger charge is -2.27. The molecule has 2 aliphatic carbocycles. The van der Waals surface area contributed by atoms with Gasteiger partial charge in [0.05, 0.1) is 12.2 Å². The van der Waals surface area contributed by atoms with Gasteiger partial charge in [-0.05, 0) is 38.2 Å². The molecule has 5 nitrogen and oxygen atoms in total. The number of carbonyl (C=O) groups excluding carboxylic acids is 2. The molecule has 1 aromatic rings. The van der Waals surface area contributed by atoms with Gasteiger partial charge in [0, 0.05) is 23.1 Å². The Labute approximate surface area is 154 Å². The fourth-order valence-electron chi connectivity index (χ4n) is 4.32. The average Bonchev–Trinajstić information content (AvgIpc) is 3.49. The summed E-state index contributed by atoms with van der Waals surface area (Å²) in [6, 6.07) is 6.04. The molecule has 1 atom stereocenters. The van der Waals surface area contributed by atoms with Gasteiger partial charge in [-0.1, -0.05) is 37.5 Å². The molecule has 138 valence electrons. The van der Waals surface area contributed by atoms with Crippen LogP contribution in [0.3, 0.4) is 0 Å². The van der Waals surface area contributed by atoms with E-state index in [4.69, 9.17) is 5.73 Å². The molecule has 0 bridgehead atoms. The zero-order valence-corrected chi connectivity index (χ0v) is 15.4. The lowest BCUT2D eigenvalue weighted by atomic mass is 9.82. The maximum Gasteiger partial charge on any atom is 0.266 e. The smallest absolute Gasteiger partial charge is 0.266 e. The van der Waals surface area contributed by atoms with Crippen molar-refractivity contribution in [1.82, 2.24) is 0 Å². The van der Waals surface area contributed by atoms with Crippen LogP contribution in [-0.4, -0.2) is 30.1 Å². The van der Waals surface area contributed by atoms with Crippen LogP contribution in [0.25, 0.3) is 0 Å². The Morgan fingerprint density at radius 1 is 1.19 bits per heavy atom. The fraction of sp³-hybridized carbons (Fsp3) is 0.571. The summed E-state index contributed by atoms with van der Waals surface area (Å²) in [6.07, 6.45) is 6.79. The largest absolute Gasteiger partial charge is 0.302 e. The summed E-state index contributed by atoms with van der Waals surface area (Å²) >= 11 is 0. The number of benzene rings is 1. The van der Waals surface area contributed by atoms with Crippen molar-refractivity contribution in [2.24, 2.45) is 22.6 Å². The number of hydrogen-bond acceptors (Lipinski definition) is 4. The number of anilines is 1. The summed E-state index contributed by atoms with van der Waals surface area (Å²) in [7, 11) is 0. The highest BCUT2D eigenvalue weighted by atomic mass is 16.2. The van der Waals surface area contributed by atoms with Crippen molar-refractivity contribution in [3.63, 3.8) is 0 Å². The molecule has 0 spiro atoms. The van der Waals surface area contributed by atoms with E-state index in [1.807, 2.05) is 25.1 Å². The Morgan fingerprint density at radius 2 is 1.92 bits per heavy atom. The van der Waals surface area contributed by atoms with E-state index < -0.39 is 6.17 Å². The molecule has 1 amide bonds. The zero-order chi connectivity index (χ0) is 18.3. The van der Waals surface area contributed by atoms with Gasteiger partial charge in [0.25, 0.3) is 5.91 Å². The normalized spacial score (nSPS) is 24.1. The third-order valence-corrected chi connectivity index (χ3v) is 5.92. The molecule has 4 rings (SSSR count). The summed E-state index contributed by atoms with van der Waals surface area (Å²) in [5.41, 5.74) is 9.96. The predicted octanol–water partition coefficient (Wildman–Crippen LogP) is 2.97. The number of nitrogens with two attached hydrogens (primary N) is 1. The SMILES string of the molecule is Cc1cccc2c1N(CC(=O)C1CC1)C(=O)C(N)N=C2C1CCCCC1. The number of para-hydroxylation sites is 1. The van der Waals surface area contributed by atoms with Crippen molar-refractivity contribution in [2.45, 2.75) is 58.0 Å². The average molecular weight is 353 g/mol. The van der Waals surface area contributed by atoms with Crippen LogP contribution in [0.2, 0.25) is 0 Å². The van der Waals surface area contributed by atoms with Crippen LogP contribution in [0.1, 0.15) is 56.1 Å². The molecule has 5 heteroatoms. The monoisotopic (exact) mass is 353 g/mol. The number of benzodiazepines with no additional fused rings is 1. The van der Waals surface area contributed by atoms with Crippen LogP contribution in [0.15, 0.2) is 23.2 Å². The molecule has 3 aliphatic rings. The molecule has 0 aromatic heterocycles. The number of fused-ring (bicyclic) bond motifs is 1. The molecular formula is C21H27N3O2. The first-order valence-electron chi connectivity index (χ1n) is 9.83. The van der Waals surface area contributed by atoms with Crippen molar-refractivity contribution in [3.05, 3.63) is 29.3 Å². The first kappa shape index (κ1) is 17.4. The zero-order valence-electron chi connectivity index (χ0n) is 15.4. The van der Waals surface area contributed by atoms with Crippen molar-refractivity contribution in [1.29, 1.82) is 0 Å². The highest BCUT2D eigenvalue weighted by Crippen LogP contribution is 2.36. The van der Waals surface area contributed by atoms with E-state index in [-0.39, 0.29) is 24.2 Å². The first-order valence-corrected chi connectivity index (χ1v) is 9.83. The van der Waals surface area contributed by atoms with Crippen LogP contribution >= 0.6 is 0 Å². The Kier molecular flexibility index (Phi) is 4.65. The lowest BCUT2D eigenvalue weighted by molar-refractivity contribution is -0.123. The molecule has 1 heterocycles. The number of amides is 1. The van der Waals surface area contributed by atoms with Gasteiger partial charge < -0.3 is 10.6 Å². The van der Waals surface area contributed by atoms with E-state index in [9.17, 15) is 9.59 Å². The second kappa shape index (κ2) is 6.95. The first-order chi connectivity index (χ1) is 12.6. The van der Waals surface area contributed by atoms with Gasteiger partial charge in [0.1, 0.15) is 0 Å². The Morgan fingerprint density at radius 3 is 2.62 bits per heavy atom. The number of ketones is 1. The number of nitrogens with zero attached hydrogens (tertiary/aromatic N) is 2. The van der Waals surface area contributed by atoms with Gasteiger partial charge in [0.2, 0.25) is 0 Å². The number of aryl methyl sites for hydroxylation is 1. The summed E-state index contributed by atoms with van der Waals surface area (Å²) in [5.74, 6) is 0.344. The summed E-state index contributed by atoms with van der Waals surface area (Å²) < 4.78 is 0. The van der Waals surface area contributed by atoms with Crippen LogP contribution in [0, 0.1) is 18.8 Å². The van der Waals surface area contributed by atoms with Crippen molar-refractivity contribution in [3.8, 4) is 0 Å². The van der Waals surface area contributed by atoms with E-state index in [2.05, 4.69) is 4.99 Å². The number of aliphatic imine (C=N–C) groups is 1. The maximum absolute atomic E-state index is 13.0. The number of rotatable bonds is 4. The van der Waals surface area contributed by atoms with Crippen LogP contribution in [0.5, 0.6) is 0 Å². The van der Waals surface area contributed by atoms with E-state index in [0.717, 1.165) is 48.2 Å². The number of Topliss-reactive ketones (excluding diaryl/α,β-unsaturated/α-hetero) is 1. The Bertz CT molecular complexity index is 761. The molecule has 1 unspecified atom stereocenters. The van der Waals surface area contributed by atoms with Crippen LogP contribution in [-0.2, 0) is 9.59 Å². The third-order valence-electron chi connectivity index (χ3n) is 5.92. The molecule has 2 fully saturated rings. The van der Waals surface area contributed by atoms with Gasteiger partial charge in [-0.3, -0.25) is 14.6 Å². The Balaban J connectivity index is 1.77. The molecular weight excluding hydrogens is 326 g/mol. The molecule has 2 saturated carbocycles. The van der Waals surface area contributed by atoms with Crippen molar-refractivity contribution in [2.75, 3.05) is 11.4 Å². The predicted molar refractivity (Wildman–Crippen MR) is 102 cm³/mol. The maximum atomic E-state index is 13.0. The quantitative estimate of drug-likeness (QED) is 0.904. The Hall–Kier alpha value is -2.01. The van der Waals surface area contributed by atoms with Gasteiger partial charge in [-0.2, -0.15) is 0 Å². The van der Waals surface area contributed by atoms with E-state index in [0.29, 0.717) is 5.92 Å². The van der Waals surface area contributed by atoms with Gasteiger partial charge in [-0.25, -0.2) is 0 Å². The fourth-order valence-corrected chi connectivity index (χ4v) is 4.32. The van der Waals surface area contributed by atoms with Gasteiger partial charge >= 0.3 is 0 Å². The van der Waals surface area contributed by atoms with Crippen molar-refractivity contribution < 1.29 is 9.59 Å². The third kappa shape index (κ3) is 3.20. The van der Waals surface area contributed by atoms with Crippen molar-refractivity contribution >= 4 is 23.1 Å². The minimum atomic E-state index is -0.925. The van der Waals surface area contributed by atoms with Crippen LogP contribution < -0.4 is 10.6 Å². The summed E-state index contributed by atoms with van der Waals surface area (Å²) in [5, 5.41) is 0. The van der Waals surface area contributed by atoms with E-state index in [1.54, 1.807) is 4.90 Å². The highest BCUT2D eigenvalue weighted by molar-refractivity contribution is 6.15. The molecule has 0 radical (unpaired) electrons. The second-order valence-corrected chi connectivity index (χ2v) is 7.93. The summed E-state index contributed by atoms with van der Waals surface area (Å²) in [6.45, 7) is 2.11.